The van der Waals surface area contributed by atoms with Gasteiger partial charge in [0.1, 0.15) is 12.1 Å². The minimum atomic E-state index is 0.263. The third-order valence-corrected chi connectivity index (χ3v) is 3.47. The number of aromatic nitrogens is 2. The molecule has 1 saturated heterocycles. The molecule has 5 nitrogen and oxygen atoms in total. The van der Waals surface area contributed by atoms with E-state index in [0.717, 1.165) is 42.5 Å². The Morgan fingerprint density at radius 3 is 3.00 bits per heavy atom. The van der Waals surface area contributed by atoms with E-state index in [-0.39, 0.29) is 6.04 Å². The van der Waals surface area contributed by atoms with Crippen LogP contribution in [0.3, 0.4) is 0 Å². The molecular weight excluding hydrogens is 226 g/mol. The minimum Gasteiger partial charge on any atom is -0.383 e. The Morgan fingerprint density at radius 1 is 1.28 bits per heavy atom. The number of benzene rings is 1. The van der Waals surface area contributed by atoms with Gasteiger partial charge in [-0.1, -0.05) is 0 Å². The van der Waals surface area contributed by atoms with E-state index in [9.17, 15) is 0 Å². The zero-order valence-corrected chi connectivity index (χ0v) is 10.2. The van der Waals surface area contributed by atoms with Gasteiger partial charge in [-0.2, -0.15) is 0 Å². The summed E-state index contributed by atoms with van der Waals surface area (Å²) in [5, 5.41) is 0.911. The Hall–Kier alpha value is -1.88. The Bertz CT molecular complexity index is 568. The first-order valence-corrected chi connectivity index (χ1v) is 6.25. The van der Waals surface area contributed by atoms with E-state index in [1.54, 1.807) is 0 Å². The van der Waals surface area contributed by atoms with Gasteiger partial charge in [0, 0.05) is 30.2 Å². The highest BCUT2D eigenvalue weighted by atomic mass is 15.1. The standard InChI is InChI=1S/C13H17N5/c14-9-2-1-5-18(7-9)10-3-4-12-11(6-10)13(15)17-8-16-12/h3-4,6,8-9H,1-2,5,7,14H2,(H2,15,16,17). The van der Waals surface area contributed by atoms with Gasteiger partial charge < -0.3 is 16.4 Å². The van der Waals surface area contributed by atoms with Crippen molar-refractivity contribution in [1.29, 1.82) is 0 Å². The first-order valence-electron chi connectivity index (χ1n) is 6.25. The maximum atomic E-state index is 6.01. The number of hydrogen-bond donors (Lipinski definition) is 2. The van der Waals surface area contributed by atoms with Crippen LogP contribution in [0.25, 0.3) is 10.9 Å². The lowest BCUT2D eigenvalue weighted by molar-refractivity contribution is 0.506. The number of nitrogens with two attached hydrogens (primary N) is 2. The summed E-state index contributed by atoms with van der Waals surface area (Å²) >= 11 is 0. The van der Waals surface area contributed by atoms with Gasteiger partial charge in [0.2, 0.25) is 0 Å². The molecule has 18 heavy (non-hydrogen) atoms. The van der Waals surface area contributed by atoms with Crippen LogP contribution in [0.4, 0.5) is 11.5 Å². The lowest BCUT2D eigenvalue weighted by Crippen LogP contribution is -2.42. The van der Waals surface area contributed by atoms with Crippen LogP contribution in [-0.2, 0) is 0 Å². The molecule has 3 rings (SSSR count). The van der Waals surface area contributed by atoms with E-state index in [2.05, 4.69) is 27.0 Å². The smallest absolute Gasteiger partial charge is 0.134 e. The highest BCUT2D eigenvalue weighted by Crippen LogP contribution is 2.25. The predicted octanol–water partition coefficient (Wildman–Crippen LogP) is 1.14. The lowest BCUT2D eigenvalue weighted by atomic mass is 10.1. The molecule has 0 saturated carbocycles. The van der Waals surface area contributed by atoms with Crippen molar-refractivity contribution in [2.75, 3.05) is 23.7 Å². The van der Waals surface area contributed by atoms with Crippen molar-refractivity contribution in [2.24, 2.45) is 5.73 Å². The van der Waals surface area contributed by atoms with Crippen molar-refractivity contribution in [3.63, 3.8) is 0 Å². The van der Waals surface area contributed by atoms with E-state index in [4.69, 9.17) is 11.5 Å². The molecule has 1 atom stereocenters. The van der Waals surface area contributed by atoms with Crippen molar-refractivity contribution in [1.82, 2.24) is 9.97 Å². The van der Waals surface area contributed by atoms with Gasteiger partial charge in [-0.25, -0.2) is 9.97 Å². The van der Waals surface area contributed by atoms with Crippen molar-refractivity contribution >= 4 is 22.4 Å². The Kier molecular flexibility index (Phi) is 2.76. The zero-order valence-electron chi connectivity index (χ0n) is 10.2. The molecule has 1 fully saturated rings. The van der Waals surface area contributed by atoms with Gasteiger partial charge >= 0.3 is 0 Å². The summed E-state index contributed by atoms with van der Waals surface area (Å²) in [7, 11) is 0. The highest BCUT2D eigenvalue weighted by Gasteiger charge is 2.17. The largest absolute Gasteiger partial charge is 0.383 e. The number of piperidine rings is 1. The van der Waals surface area contributed by atoms with Gasteiger partial charge in [-0.05, 0) is 31.0 Å². The van der Waals surface area contributed by atoms with Crippen LogP contribution in [0.1, 0.15) is 12.8 Å². The normalized spacial score (nSPS) is 20.3. The van der Waals surface area contributed by atoms with E-state index >= 15 is 0 Å². The molecule has 94 valence electrons. The quantitative estimate of drug-likeness (QED) is 0.785. The second kappa shape index (κ2) is 4.42. The summed E-state index contributed by atoms with van der Waals surface area (Å²) < 4.78 is 0. The molecule has 0 bridgehead atoms. The molecule has 0 radical (unpaired) electrons. The molecular formula is C13H17N5. The number of fused-ring (bicyclic) bond motifs is 1. The van der Waals surface area contributed by atoms with Crippen LogP contribution in [-0.4, -0.2) is 29.1 Å². The van der Waals surface area contributed by atoms with Crippen molar-refractivity contribution in [3.05, 3.63) is 24.5 Å². The highest BCUT2D eigenvalue weighted by molar-refractivity contribution is 5.90. The predicted molar refractivity (Wildman–Crippen MR) is 73.4 cm³/mol. The maximum Gasteiger partial charge on any atom is 0.134 e. The number of nitrogens with zero attached hydrogens (tertiary/aromatic N) is 3. The summed E-state index contributed by atoms with van der Waals surface area (Å²) in [5.74, 6) is 0.531. The molecule has 5 heteroatoms. The van der Waals surface area contributed by atoms with Gasteiger partial charge in [0.05, 0.1) is 5.52 Å². The summed E-state index contributed by atoms with van der Waals surface area (Å²) in [5.41, 5.74) is 13.9. The SMILES string of the molecule is Nc1ncnc2ccc(N3CCCC(N)C3)cc12. The number of rotatable bonds is 1. The van der Waals surface area contributed by atoms with Gasteiger partial charge in [0.25, 0.3) is 0 Å². The average molecular weight is 243 g/mol. The molecule has 0 amide bonds. The van der Waals surface area contributed by atoms with E-state index < -0.39 is 0 Å². The third-order valence-electron chi connectivity index (χ3n) is 3.47. The van der Waals surface area contributed by atoms with Gasteiger partial charge in [0.15, 0.2) is 0 Å². The summed E-state index contributed by atoms with van der Waals surface area (Å²) in [6.45, 7) is 1.95. The maximum absolute atomic E-state index is 6.01. The topological polar surface area (TPSA) is 81.1 Å². The average Bonchev–Trinajstić information content (AvgIpc) is 2.39. The Morgan fingerprint density at radius 2 is 2.17 bits per heavy atom. The first kappa shape index (κ1) is 11.2. The van der Waals surface area contributed by atoms with Gasteiger partial charge in [-0.15, -0.1) is 0 Å². The van der Waals surface area contributed by atoms with Crippen molar-refractivity contribution < 1.29 is 0 Å². The zero-order chi connectivity index (χ0) is 12.5. The second-order valence-electron chi connectivity index (χ2n) is 4.81. The fourth-order valence-corrected chi connectivity index (χ4v) is 2.51. The molecule has 1 aromatic carbocycles. The molecule has 1 aliphatic rings. The number of nitrogen functional groups attached to an aromatic ring is 1. The summed E-state index contributed by atoms with van der Waals surface area (Å²) in [6, 6.07) is 6.39. The molecule has 0 spiro atoms. The molecule has 1 aromatic heterocycles. The van der Waals surface area contributed by atoms with Crippen LogP contribution in [0.15, 0.2) is 24.5 Å². The van der Waals surface area contributed by atoms with Crippen LogP contribution in [0, 0.1) is 0 Å². The van der Waals surface area contributed by atoms with Crippen molar-refractivity contribution in [3.8, 4) is 0 Å². The summed E-state index contributed by atoms with van der Waals surface area (Å²) in [4.78, 5) is 10.5. The Balaban J connectivity index is 1.99. The minimum absolute atomic E-state index is 0.263. The number of anilines is 2. The second-order valence-corrected chi connectivity index (χ2v) is 4.81. The van der Waals surface area contributed by atoms with Gasteiger partial charge in [-0.3, -0.25) is 0 Å². The fraction of sp³-hybridized carbons (Fsp3) is 0.385. The van der Waals surface area contributed by atoms with Crippen molar-refractivity contribution in [2.45, 2.75) is 18.9 Å². The van der Waals surface area contributed by atoms with E-state index in [1.165, 1.54) is 6.33 Å². The first-order chi connectivity index (χ1) is 8.74. The molecule has 1 unspecified atom stereocenters. The Labute approximate surface area is 106 Å². The van der Waals surface area contributed by atoms with E-state index in [1.807, 2.05) is 6.07 Å². The lowest BCUT2D eigenvalue weighted by Gasteiger charge is -2.32. The fourth-order valence-electron chi connectivity index (χ4n) is 2.51. The monoisotopic (exact) mass is 243 g/mol. The molecule has 2 heterocycles. The third kappa shape index (κ3) is 1.97. The van der Waals surface area contributed by atoms with Crippen LogP contribution in [0.5, 0.6) is 0 Å². The molecule has 0 aliphatic carbocycles. The molecule has 4 N–H and O–H groups in total. The number of hydrogen-bond acceptors (Lipinski definition) is 5. The van der Waals surface area contributed by atoms with Crippen LogP contribution in [0.2, 0.25) is 0 Å². The van der Waals surface area contributed by atoms with E-state index in [0.29, 0.717) is 5.82 Å². The van der Waals surface area contributed by atoms with Crippen LogP contribution >= 0.6 is 0 Å². The molecule has 1 aliphatic heterocycles. The van der Waals surface area contributed by atoms with Crippen LogP contribution < -0.4 is 16.4 Å². The molecule has 2 aromatic rings. The summed E-state index contributed by atoms with van der Waals surface area (Å²) in [6.07, 6.45) is 3.74.